The van der Waals surface area contributed by atoms with Crippen molar-refractivity contribution in [3.8, 4) is 11.1 Å². The molecule has 2 fully saturated rings. The number of piperazine rings is 1. The van der Waals surface area contributed by atoms with Crippen LogP contribution in [0.3, 0.4) is 0 Å². The van der Waals surface area contributed by atoms with Crippen LogP contribution in [0.5, 0.6) is 0 Å². The van der Waals surface area contributed by atoms with Gasteiger partial charge in [-0.05, 0) is 62.7 Å². The first kappa shape index (κ1) is 29.1. The molecule has 2 saturated heterocycles. The summed E-state index contributed by atoms with van der Waals surface area (Å²) in [6, 6.07) is 15.3. The first-order valence-electron chi connectivity index (χ1n) is 15.1. The Hall–Kier alpha value is -3.95. The van der Waals surface area contributed by atoms with Crippen LogP contribution in [0.15, 0.2) is 59.5 Å². The maximum Gasteiger partial charge on any atom is 0.260 e. The molecule has 10 heteroatoms. The second-order valence-corrected chi connectivity index (χ2v) is 12.0. The van der Waals surface area contributed by atoms with Gasteiger partial charge in [0.2, 0.25) is 11.9 Å². The quantitative estimate of drug-likeness (QED) is 0.314. The van der Waals surface area contributed by atoms with E-state index >= 15 is 0 Å². The highest BCUT2D eigenvalue weighted by Crippen LogP contribution is 2.31. The third kappa shape index (κ3) is 5.96. The van der Waals surface area contributed by atoms with Crippen molar-refractivity contribution in [2.75, 3.05) is 56.5 Å². The van der Waals surface area contributed by atoms with Crippen molar-refractivity contribution in [3.05, 3.63) is 75.7 Å². The lowest BCUT2D eigenvalue weighted by Gasteiger charge is -2.35. The van der Waals surface area contributed by atoms with Gasteiger partial charge in [-0.25, -0.2) is 4.98 Å². The van der Waals surface area contributed by atoms with Crippen molar-refractivity contribution in [1.82, 2.24) is 24.3 Å². The number of piperidine rings is 1. The van der Waals surface area contributed by atoms with Crippen molar-refractivity contribution in [2.45, 2.75) is 39.2 Å². The molecule has 9 nitrogen and oxygen atoms in total. The van der Waals surface area contributed by atoms with Crippen molar-refractivity contribution in [2.24, 2.45) is 0 Å². The number of aromatic nitrogens is 3. The first-order valence-corrected chi connectivity index (χ1v) is 15.5. The average molecular weight is 600 g/mol. The van der Waals surface area contributed by atoms with Gasteiger partial charge in [0.05, 0.1) is 6.04 Å². The highest BCUT2D eigenvalue weighted by atomic mass is 35.5. The van der Waals surface area contributed by atoms with Crippen molar-refractivity contribution < 1.29 is 4.79 Å². The SMILES string of the molecule is CCC(=O)N1CCC[C@H](n2c(=O)c(-c3ccccc3Cl)cc3cnc(Nc4ccc(N5CCN(C)CC5)c(C)c4)nc32)C1. The third-order valence-electron chi connectivity index (χ3n) is 8.65. The van der Waals surface area contributed by atoms with E-state index in [9.17, 15) is 9.59 Å². The summed E-state index contributed by atoms with van der Waals surface area (Å²) in [6.07, 6.45) is 3.78. The van der Waals surface area contributed by atoms with Crippen LogP contribution < -0.4 is 15.8 Å². The number of halogens is 1. The second-order valence-electron chi connectivity index (χ2n) is 11.6. The van der Waals surface area contributed by atoms with Crippen LogP contribution in [0, 0.1) is 6.92 Å². The minimum atomic E-state index is -0.213. The van der Waals surface area contributed by atoms with Crippen molar-refractivity contribution in [3.63, 3.8) is 0 Å². The zero-order valence-corrected chi connectivity index (χ0v) is 25.8. The van der Waals surface area contributed by atoms with E-state index in [4.69, 9.17) is 16.6 Å². The summed E-state index contributed by atoms with van der Waals surface area (Å²) in [5.41, 5.74) is 4.83. The second kappa shape index (κ2) is 12.3. The number of carbonyl (C=O) groups is 1. The fraction of sp³-hybridized carbons (Fsp3) is 0.394. The lowest BCUT2D eigenvalue weighted by Crippen LogP contribution is -2.44. The normalized spacial score (nSPS) is 17.8. The number of fused-ring (bicyclic) bond motifs is 1. The van der Waals surface area contributed by atoms with Gasteiger partial charge in [0.1, 0.15) is 5.65 Å². The van der Waals surface area contributed by atoms with Gasteiger partial charge in [0.25, 0.3) is 5.56 Å². The minimum Gasteiger partial charge on any atom is -0.369 e. The molecule has 1 amide bonds. The summed E-state index contributed by atoms with van der Waals surface area (Å²) in [7, 11) is 2.16. The summed E-state index contributed by atoms with van der Waals surface area (Å²) in [5, 5.41) is 4.61. The molecule has 2 aromatic carbocycles. The molecule has 6 rings (SSSR count). The molecule has 4 heterocycles. The zero-order valence-electron chi connectivity index (χ0n) is 25.0. The summed E-state index contributed by atoms with van der Waals surface area (Å²) < 4.78 is 1.76. The fourth-order valence-electron chi connectivity index (χ4n) is 6.27. The van der Waals surface area contributed by atoms with E-state index in [1.54, 1.807) is 16.8 Å². The molecule has 1 atom stereocenters. The van der Waals surface area contributed by atoms with E-state index in [-0.39, 0.29) is 17.5 Å². The highest BCUT2D eigenvalue weighted by molar-refractivity contribution is 6.33. The Morgan fingerprint density at radius 2 is 1.84 bits per heavy atom. The summed E-state index contributed by atoms with van der Waals surface area (Å²) in [6.45, 7) is 9.28. The van der Waals surface area contributed by atoms with Crippen LogP contribution in [-0.2, 0) is 4.79 Å². The Balaban J connectivity index is 1.39. The van der Waals surface area contributed by atoms with E-state index in [0.29, 0.717) is 47.3 Å². The molecule has 43 heavy (non-hydrogen) atoms. The first-order chi connectivity index (χ1) is 20.8. The van der Waals surface area contributed by atoms with Gasteiger partial charge in [-0.1, -0.05) is 36.7 Å². The average Bonchev–Trinajstić information content (AvgIpc) is 3.01. The monoisotopic (exact) mass is 599 g/mol. The molecule has 2 aliphatic heterocycles. The zero-order chi connectivity index (χ0) is 30.1. The molecule has 0 radical (unpaired) electrons. The van der Waals surface area contributed by atoms with Gasteiger partial charge in [-0.3, -0.25) is 14.2 Å². The molecule has 2 aliphatic rings. The fourth-order valence-corrected chi connectivity index (χ4v) is 6.51. The number of aryl methyl sites for hydroxylation is 1. The minimum absolute atomic E-state index is 0.0942. The van der Waals surface area contributed by atoms with E-state index in [1.165, 1.54) is 11.3 Å². The van der Waals surface area contributed by atoms with Crippen LogP contribution in [0.2, 0.25) is 5.02 Å². The largest absolute Gasteiger partial charge is 0.369 e. The molecule has 0 unspecified atom stereocenters. The molecule has 2 aromatic heterocycles. The Labute approximate surface area is 257 Å². The molecule has 0 spiro atoms. The van der Waals surface area contributed by atoms with Gasteiger partial charge in [-0.2, -0.15) is 4.98 Å². The number of pyridine rings is 1. The Morgan fingerprint density at radius 3 is 2.58 bits per heavy atom. The number of rotatable bonds is 6. The number of hydrogen-bond donors (Lipinski definition) is 1. The topological polar surface area (TPSA) is 86.6 Å². The van der Waals surface area contributed by atoms with E-state index in [1.807, 2.05) is 36.1 Å². The van der Waals surface area contributed by atoms with Crippen LogP contribution >= 0.6 is 11.6 Å². The number of nitrogens with zero attached hydrogens (tertiary/aromatic N) is 6. The van der Waals surface area contributed by atoms with Gasteiger partial charge < -0.3 is 20.0 Å². The Bertz CT molecular complexity index is 1710. The molecule has 0 aliphatic carbocycles. The molecule has 1 N–H and O–H groups in total. The Morgan fingerprint density at radius 1 is 1.05 bits per heavy atom. The van der Waals surface area contributed by atoms with E-state index in [2.05, 4.69) is 52.3 Å². The summed E-state index contributed by atoms with van der Waals surface area (Å²) in [5.74, 6) is 0.506. The van der Waals surface area contributed by atoms with Crippen LogP contribution in [0.25, 0.3) is 22.2 Å². The maximum atomic E-state index is 14.2. The number of carbonyl (C=O) groups excluding carboxylic acids is 1. The highest BCUT2D eigenvalue weighted by Gasteiger charge is 2.28. The van der Waals surface area contributed by atoms with Gasteiger partial charge in [0, 0.05) is 84.8 Å². The lowest BCUT2D eigenvalue weighted by atomic mass is 10.0. The number of nitrogens with one attached hydrogen (secondary N) is 1. The number of benzene rings is 2. The number of likely N-dealkylation sites (N-methyl/N-ethyl adjacent to an activating group) is 1. The van der Waals surface area contributed by atoms with Crippen molar-refractivity contribution >= 4 is 45.9 Å². The molecular formula is C33H38ClN7O2. The Kier molecular flexibility index (Phi) is 8.36. The summed E-state index contributed by atoms with van der Waals surface area (Å²) >= 11 is 6.55. The van der Waals surface area contributed by atoms with Gasteiger partial charge in [-0.15, -0.1) is 0 Å². The third-order valence-corrected chi connectivity index (χ3v) is 8.98. The van der Waals surface area contributed by atoms with E-state index < -0.39 is 0 Å². The number of amides is 1. The van der Waals surface area contributed by atoms with Crippen molar-refractivity contribution in [1.29, 1.82) is 0 Å². The lowest BCUT2D eigenvalue weighted by molar-refractivity contribution is -0.132. The van der Waals surface area contributed by atoms with Crippen LogP contribution in [0.4, 0.5) is 17.3 Å². The predicted molar refractivity (Wildman–Crippen MR) is 174 cm³/mol. The van der Waals surface area contributed by atoms with E-state index in [0.717, 1.165) is 50.1 Å². The molecular weight excluding hydrogens is 562 g/mol. The molecule has 224 valence electrons. The maximum absolute atomic E-state index is 14.2. The smallest absolute Gasteiger partial charge is 0.260 e. The summed E-state index contributed by atoms with van der Waals surface area (Å²) in [4.78, 5) is 43.0. The molecule has 0 bridgehead atoms. The number of likely N-dealkylation sites (tertiary alicyclic amines) is 1. The molecule has 0 saturated carbocycles. The van der Waals surface area contributed by atoms with Gasteiger partial charge >= 0.3 is 0 Å². The van der Waals surface area contributed by atoms with Gasteiger partial charge in [0.15, 0.2) is 0 Å². The van der Waals surface area contributed by atoms with Crippen LogP contribution in [-0.4, -0.2) is 76.6 Å². The number of hydrogen-bond acceptors (Lipinski definition) is 7. The standard InChI is InChI=1S/C33H38ClN7O2/c1-4-30(42)40-13-7-8-25(21-40)41-31-23(19-27(32(41)43)26-9-5-6-10-28(26)34)20-35-33(37-31)36-24-11-12-29(22(2)18-24)39-16-14-38(3)15-17-39/h5-6,9-12,18-20,25H,4,7-8,13-17,21H2,1-3H3,(H,35,36,37)/t25-/m0/s1. The molecule has 4 aromatic rings. The number of anilines is 3. The predicted octanol–water partition coefficient (Wildman–Crippen LogP) is 5.49. The van der Waals surface area contributed by atoms with Crippen LogP contribution in [0.1, 0.15) is 37.8 Å².